The van der Waals surface area contributed by atoms with E-state index in [9.17, 15) is 14.4 Å². The Kier molecular flexibility index (Phi) is 13.5. The number of carbonyl (C=O) groups is 3. The molecule has 9 nitrogen and oxygen atoms in total. The van der Waals surface area contributed by atoms with Crippen LogP contribution in [0, 0.1) is 0 Å². The van der Waals surface area contributed by atoms with Crippen LogP contribution in [0.3, 0.4) is 0 Å². The molecule has 250 valence electrons. The number of benzene rings is 4. The maximum Gasteiger partial charge on any atom is 0.272 e. The van der Waals surface area contributed by atoms with Gasteiger partial charge >= 0.3 is 0 Å². The van der Waals surface area contributed by atoms with Crippen molar-refractivity contribution in [1.29, 1.82) is 0 Å². The summed E-state index contributed by atoms with van der Waals surface area (Å²) in [6.07, 6.45) is 4.17. The van der Waals surface area contributed by atoms with Crippen LogP contribution in [0.4, 0.5) is 11.4 Å². The third-order valence-corrected chi connectivity index (χ3v) is 8.55. The topological polar surface area (TPSA) is 115 Å². The molecule has 48 heavy (non-hydrogen) atoms. The lowest BCUT2D eigenvalue weighted by Crippen LogP contribution is -2.30. The molecule has 0 saturated carbocycles. The minimum absolute atomic E-state index is 0.000979. The summed E-state index contributed by atoms with van der Waals surface area (Å²) in [7, 11) is 3.06. The molecule has 10 heteroatoms. The molecular weight excluding hydrogens is 627 g/mol. The second-order valence-electron chi connectivity index (χ2n) is 10.7. The van der Waals surface area contributed by atoms with Gasteiger partial charge < -0.3 is 30.2 Å². The zero-order valence-corrected chi connectivity index (χ0v) is 28.4. The lowest BCUT2D eigenvalue weighted by molar-refractivity contribution is -0.116. The predicted octanol–water partition coefficient (Wildman–Crippen LogP) is 7.80. The Morgan fingerprint density at radius 3 is 2.23 bits per heavy atom. The SMILES string of the molecule is CCCCOc1ccc(NC(=O)C(CC)Sc2cccc(NC(=O)/C(=C\c3cc(OC)ccc3OC)NC(=O)c3ccccc3)c2)cc1. The van der Waals surface area contributed by atoms with Crippen LogP contribution in [0.5, 0.6) is 17.2 Å². The van der Waals surface area contributed by atoms with Gasteiger partial charge in [0, 0.05) is 27.4 Å². The van der Waals surface area contributed by atoms with Crippen LogP contribution >= 0.6 is 11.8 Å². The number of thioether (sulfide) groups is 1. The van der Waals surface area contributed by atoms with Crippen LogP contribution < -0.4 is 30.2 Å². The van der Waals surface area contributed by atoms with Crippen LogP contribution in [0.15, 0.2) is 108 Å². The van der Waals surface area contributed by atoms with Crippen molar-refractivity contribution in [3.8, 4) is 17.2 Å². The zero-order valence-electron chi connectivity index (χ0n) is 27.6. The fourth-order valence-electron chi connectivity index (χ4n) is 4.57. The molecule has 0 heterocycles. The number of anilines is 2. The van der Waals surface area contributed by atoms with Crippen molar-refractivity contribution in [3.05, 3.63) is 114 Å². The molecule has 1 atom stereocenters. The summed E-state index contributed by atoms with van der Waals surface area (Å²) in [6.45, 7) is 4.72. The largest absolute Gasteiger partial charge is 0.497 e. The van der Waals surface area contributed by atoms with Crippen molar-refractivity contribution < 1.29 is 28.6 Å². The Balaban J connectivity index is 1.49. The number of nitrogens with one attached hydrogen (secondary N) is 3. The van der Waals surface area contributed by atoms with E-state index in [-0.39, 0.29) is 16.9 Å². The lowest BCUT2D eigenvalue weighted by atomic mass is 10.1. The summed E-state index contributed by atoms with van der Waals surface area (Å²) in [6, 6.07) is 28.4. The van der Waals surface area contributed by atoms with Gasteiger partial charge in [-0.1, -0.05) is 44.5 Å². The monoisotopic (exact) mass is 667 g/mol. The molecule has 0 aliphatic carbocycles. The summed E-state index contributed by atoms with van der Waals surface area (Å²) >= 11 is 1.40. The standard InChI is InChI=1S/C38H41N3O6S/c1-5-7-22-47-30-18-16-28(17-19-30)39-38(44)35(6-2)48-32-15-11-14-29(25-32)40-37(43)33(41-36(42)26-12-9-8-10-13-26)24-27-23-31(45-3)20-21-34(27)46-4/h8-21,23-25,35H,5-7,22H2,1-4H3,(H,39,44)(H,40,43)(H,41,42)/b33-24+. The van der Waals surface area contributed by atoms with Crippen LogP contribution in [0.25, 0.3) is 6.08 Å². The highest BCUT2D eigenvalue weighted by molar-refractivity contribution is 8.00. The molecule has 0 aliphatic heterocycles. The second kappa shape index (κ2) is 18.2. The summed E-state index contributed by atoms with van der Waals surface area (Å²) in [5.74, 6) is 0.703. The van der Waals surface area contributed by atoms with Gasteiger partial charge in [-0.3, -0.25) is 14.4 Å². The van der Waals surface area contributed by atoms with E-state index in [0.29, 0.717) is 47.0 Å². The first-order valence-corrected chi connectivity index (χ1v) is 16.6. The minimum atomic E-state index is -0.543. The Bertz CT molecular complexity index is 1710. The first-order chi connectivity index (χ1) is 23.3. The van der Waals surface area contributed by atoms with Crippen molar-refractivity contribution >= 4 is 46.9 Å². The molecule has 0 saturated heterocycles. The van der Waals surface area contributed by atoms with Gasteiger partial charge in [0.1, 0.15) is 22.9 Å². The highest BCUT2D eigenvalue weighted by atomic mass is 32.2. The molecule has 4 rings (SSSR count). The summed E-state index contributed by atoms with van der Waals surface area (Å²) < 4.78 is 16.6. The van der Waals surface area contributed by atoms with Gasteiger partial charge in [0.25, 0.3) is 11.8 Å². The number of carbonyl (C=O) groups excluding carboxylic acids is 3. The molecular formula is C38H41N3O6S. The maximum absolute atomic E-state index is 13.7. The summed E-state index contributed by atoms with van der Waals surface area (Å²) in [5, 5.41) is 8.25. The molecule has 3 amide bonds. The molecule has 4 aromatic carbocycles. The molecule has 4 aromatic rings. The average molecular weight is 668 g/mol. The zero-order chi connectivity index (χ0) is 34.3. The smallest absolute Gasteiger partial charge is 0.272 e. The van der Waals surface area contributed by atoms with Crippen LogP contribution in [0.1, 0.15) is 49.0 Å². The van der Waals surface area contributed by atoms with E-state index in [0.717, 1.165) is 23.5 Å². The Morgan fingerprint density at radius 1 is 0.792 bits per heavy atom. The second-order valence-corrected chi connectivity index (χ2v) is 12.0. The predicted molar refractivity (Wildman–Crippen MR) is 192 cm³/mol. The van der Waals surface area contributed by atoms with Crippen molar-refractivity contribution in [1.82, 2.24) is 5.32 Å². The van der Waals surface area contributed by atoms with Gasteiger partial charge in [-0.05, 0) is 91.7 Å². The number of hydrogen-bond donors (Lipinski definition) is 3. The van der Waals surface area contributed by atoms with E-state index in [4.69, 9.17) is 14.2 Å². The Morgan fingerprint density at radius 2 is 1.54 bits per heavy atom. The number of unbranched alkanes of at least 4 members (excludes halogenated alkanes) is 1. The van der Waals surface area contributed by atoms with Crippen LogP contribution in [-0.4, -0.2) is 43.8 Å². The first-order valence-electron chi connectivity index (χ1n) is 15.7. The van der Waals surface area contributed by atoms with E-state index < -0.39 is 11.8 Å². The van der Waals surface area contributed by atoms with Crippen molar-refractivity contribution in [2.75, 3.05) is 31.5 Å². The minimum Gasteiger partial charge on any atom is -0.497 e. The summed E-state index contributed by atoms with van der Waals surface area (Å²) in [4.78, 5) is 40.8. The molecule has 0 spiro atoms. The molecule has 1 unspecified atom stereocenters. The van der Waals surface area contributed by atoms with Crippen LogP contribution in [-0.2, 0) is 9.59 Å². The highest BCUT2D eigenvalue weighted by Crippen LogP contribution is 2.30. The van der Waals surface area contributed by atoms with Crippen molar-refractivity contribution in [3.63, 3.8) is 0 Å². The molecule has 3 N–H and O–H groups in total. The lowest BCUT2D eigenvalue weighted by Gasteiger charge is -2.16. The number of methoxy groups -OCH3 is 2. The van der Waals surface area contributed by atoms with E-state index in [2.05, 4.69) is 22.9 Å². The molecule has 0 aliphatic rings. The van der Waals surface area contributed by atoms with Gasteiger partial charge in [-0.2, -0.15) is 0 Å². The molecule has 0 radical (unpaired) electrons. The number of ether oxygens (including phenoxy) is 3. The fourth-order valence-corrected chi connectivity index (χ4v) is 5.59. The quantitative estimate of drug-likeness (QED) is 0.0635. The highest BCUT2D eigenvalue weighted by Gasteiger charge is 2.20. The number of hydrogen-bond acceptors (Lipinski definition) is 7. The van der Waals surface area contributed by atoms with Gasteiger partial charge in [0.05, 0.1) is 26.1 Å². The average Bonchev–Trinajstić information content (AvgIpc) is 3.11. The third-order valence-electron chi connectivity index (χ3n) is 7.19. The van der Waals surface area contributed by atoms with E-state index in [1.165, 1.54) is 24.9 Å². The van der Waals surface area contributed by atoms with Gasteiger partial charge in [-0.25, -0.2) is 0 Å². The first kappa shape index (κ1) is 35.6. The number of amides is 3. The number of rotatable bonds is 16. The van der Waals surface area contributed by atoms with E-state index >= 15 is 0 Å². The molecule has 0 aromatic heterocycles. The van der Waals surface area contributed by atoms with Crippen LogP contribution in [0.2, 0.25) is 0 Å². The normalized spacial score (nSPS) is 11.6. The van der Waals surface area contributed by atoms with Crippen molar-refractivity contribution in [2.45, 2.75) is 43.3 Å². The van der Waals surface area contributed by atoms with Gasteiger partial charge in [0.2, 0.25) is 5.91 Å². The fraction of sp³-hybridized carbons (Fsp3) is 0.237. The summed E-state index contributed by atoms with van der Waals surface area (Å²) in [5.41, 5.74) is 2.12. The van der Waals surface area contributed by atoms with E-state index in [1.807, 2.05) is 37.3 Å². The van der Waals surface area contributed by atoms with Gasteiger partial charge in [-0.15, -0.1) is 11.8 Å². The Hall–Kier alpha value is -5.22. The Labute approximate surface area is 286 Å². The molecule has 0 fully saturated rings. The molecule has 0 bridgehead atoms. The van der Waals surface area contributed by atoms with Gasteiger partial charge in [0.15, 0.2) is 0 Å². The maximum atomic E-state index is 13.7. The van der Waals surface area contributed by atoms with E-state index in [1.54, 1.807) is 73.8 Å². The third kappa shape index (κ3) is 10.4. The van der Waals surface area contributed by atoms with Crippen molar-refractivity contribution in [2.24, 2.45) is 0 Å².